The molecule has 1 heterocycles. The Morgan fingerprint density at radius 3 is 1.53 bits per heavy atom. The zero-order valence-electron chi connectivity index (χ0n) is 7.74. The van der Waals surface area contributed by atoms with Gasteiger partial charge < -0.3 is 34.1 Å². The van der Waals surface area contributed by atoms with Crippen molar-refractivity contribution in [2.45, 2.75) is 24.4 Å². The molecule has 1 saturated heterocycles. The van der Waals surface area contributed by atoms with Crippen molar-refractivity contribution in [1.82, 2.24) is 0 Å². The molecule has 0 amide bonds. The Morgan fingerprint density at radius 2 is 1.20 bits per heavy atom. The quantitative estimate of drug-likeness (QED) is 0.317. The van der Waals surface area contributed by atoms with Gasteiger partial charge in [0.15, 0.2) is 10.8 Å². The summed E-state index contributed by atoms with van der Waals surface area (Å²) in [5.74, 6) is 0. The van der Waals surface area contributed by atoms with E-state index in [1.165, 1.54) is 0 Å². The van der Waals surface area contributed by atoms with Crippen molar-refractivity contribution in [3.63, 3.8) is 0 Å². The number of carbonyl (C=O) groups excluding carboxylic acids is 2. The van der Waals surface area contributed by atoms with E-state index in [4.69, 9.17) is 4.12 Å². The molecule has 4 N–H and O–H groups in total. The molecule has 1 rings (SSSR count). The summed E-state index contributed by atoms with van der Waals surface area (Å²) in [6.45, 7) is 0. The van der Waals surface area contributed by atoms with Gasteiger partial charge in [0, 0.05) is 0 Å². The van der Waals surface area contributed by atoms with Crippen LogP contribution in [0.4, 0.5) is 0 Å². The lowest BCUT2D eigenvalue weighted by Crippen LogP contribution is -2.50. The van der Waals surface area contributed by atoms with Crippen LogP contribution in [0.5, 0.6) is 0 Å². The van der Waals surface area contributed by atoms with Crippen LogP contribution in [0.15, 0.2) is 0 Å². The second-order valence-corrected chi connectivity index (χ2v) is 6.90. The van der Waals surface area contributed by atoms with E-state index >= 15 is 0 Å². The van der Waals surface area contributed by atoms with Crippen LogP contribution in [-0.4, -0.2) is 75.2 Å². The van der Waals surface area contributed by atoms with Gasteiger partial charge in [0.2, 0.25) is 19.5 Å². The van der Waals surface area contributed by atoms with Crippen molar-refractivity contribution in [1.29, 1.82) is 0 Å². The second-order valence-electron chi connectivity index (χ2n) is 3.30. The van der Waals surface area contributed by atoms with Crippen LogP contribution in [0.3, 0.4) is 0 Å². The molecule has 0 spiro atoms. The van der Waals surface area contributed by atoms with E-state index in [2.05, 4.69) is 0 Å². The predicted molar refractivity (Wildman–Crippen MR) is 52.2 cm³/mol. The fraction of sp³-hybridized carbons (Fsp3) is 0.667. The molecule has 1 aliphatic rings. The van der Waals surface area contributed by atoms with Crippen molar-refractivity contribution >= 4 is 30.3 Å². The minimum Gasteiger partial charge on any atom is -0.454 e. The van der Waals surface area contributed by atoms with Gasteiger partial charge in [-0.3, -0.25) is 0 Å². The van der Waals surface area contributed by atoms with Crippen molar-refractivity contribution in [2.75, 3.05) is 0 Å². The van der Waals surface area contributed by atoms with E-state index in [-0.39, 0.29) is 0 Å². The van der Waals surface area contributed by atoms with Gasteiger partial charge in [-0.25, -0.2) is 0 Å². The fourth-order valence-corrected chi connectivity index (χ4v) is 4.02. The average molecular weight is 252 g/mol. The highest BCUT2D eigenvalue weighted by Gasteiger charge is 2.38. The van der Waals surface area contributed by atoms with Crippen molar-refractivity contribution in [3.8, 4) is 0 Å². The lowest BCUT2D eigenvalue weighted by atomic mass is 10.0. The Morgan fingerprint density at radius 1 is 0.867 bits per heavy atom. The monoisotopic (exact) mass is 252 g/mol. The van der Waals surface area contributed by atoms with Crippen LogP contribution in [0.25, 0.3) is 0 Å². The Labute approximate surface area is 89.6 Å². The SMILES string of the molecule is O=C1[SiH2]O[SiH2]C(=O)C(O)C(O)C(O)C1O. The molecule has 1 fully saturated rings. The van der Waals surface area contributed by atoms with Gasteiger partial charge in [0.25, 0.3) is 0 Å². The summed E-state index contributed by atoms with van der Waals surface area (Å²) >= 11 is 0. The molecule has 4 atom stereocenters. The zero-order chi connectivity index (χ0) is 11.6. The van der Waals surface area contributed by atoms with Crippen molar-refractivity contribution in [2.24, 2.45) is 0 Å². The summed E-state index contributed by atoms with van der Waals surface area (Å²) in [5, 5.41) is 35.7. The lowest BCUT2D eigenvalue weighted by molar-refractivity contribution is -0.145. The Bertz CT molecular complexity index is 244. The van der Waals surface area contributed by atoms with Crippen LogP contribution in [0.2, 0.25) is 0 Å². The third kappa shape index (κ3) is 2.78. The van der Waals surface area contributed by atoms with Gasteiger partial charge in [-0.05, 0) is 0 Å². The second kappa shape index (κ2) is 5.07. The van der Waals surface area contributed by atoms with Crippen LogP contribution in [-0.2, 0) is 13.7 Å². The molecule has 0 saturated carbocycles. The molecule has 9 heteroatoms. The molecule has 4 unspecified atom stereocenters. The van der Waals surface area contributed by atoms with E-state index in [0.29, 0.717) is 0 Å². The summed E-state index contributed by atoms with van der Waals surface area (Å²) in [6, 6.07) is 0. The van der Waals surface area contributed by atoms with E-state index in [0.717, 1.165) is 0 Å². The first-order chi connectivity index (χ1) is 6.95. The normalized spacial score (nSPS) is 42.7. The maximum atomic E-state index is 11.1. The van der Waals surface area contributed by atoms with Gasteiger partial charge in [0.1, 0.15) is 24.4 Å². The van der Waals surface area contributed by atoms with Crippen LogP contribution in [0, 0.1) is 0 Å². The summed E-state index contributed by atoms with van der Waals surface area (Å²) in [5.41, 5.74) is 0. The standard InChI is InChI=1S/C6H12O7Si2/c7-1-2(8)4(10)6(12)15-13-14-5(11)3(1)9/h1-4,7-10H,14-15H2. The van der Waals surface area contributed by atoms with Crippen LogP contribution < -0.4 is 0 Å². The number of hydrogen-bond acceptors (Lipinski definition) is 7. The highest BCUT2D eigenvalue weighted by atomic mass is 28.3. The summed E-state index contributed by atoms with van der Waals surface area (Å²) in [6.07, 6.45) is -7.28. The third-order valence-corrected chi connectivity index (χ3v) is 5.18. The van der Waals surface area contributed by atoms with E-state index in [9.17, 15) is 30.0 Å². The Kier molecular flexibility index (Phi) is 4.27. The number of rotatable bonds is 0. The van der Waals surface area contributed by atoms with Crippen molar-refractivity contribution < 1.29 is 34.1 Å². The fourth-order valence-electron chi connectivity index (χ4n) is 1.18. The average Bonchev–Trinajstić information content (AvgIpc) is 2.25. The Balaban J connectivity index is 2.86. The molecule has 0 aromatic rings. The Hall–Kier alpha value is -0.426. The first-order valence-corrected chi connectivity index (χ1v) is 6.87. The molecule has 0 radical (unpaired) electrons. The number of carbonyl (C=O) groups is 2. The highest BCUT2D eigenvalue weighted by molar-refractivity contribution is 6.80. The zero-order valence-corrected chi connectivity index (χ0v) is 10.6. The smallest absolute Gasteiger partial charge is 0.226 e. The van der Waals surface area contributed by atoms with Gasteiger partial charge >= 0.3 is 0 Å². The minimum atomic E-state index is -1.85. The molecular weight excluding hydrogens is 240 g/mol. The molecule has 0 aromatic carbocycles. The third-order valence-electron chi connectivity index (χ3n) is 2.15. The van der Waals surface area contributed by atoms with Gasteiger partial charge in [-0.1, -0.05) is 0 Å². The van der Waals surface area contributed by atoms with Crippen LogP contribution in [0.1, 0.15) is 0 Å². The number of aliphatic hydroxyl groups excluding tert-OH is 4. The van der Waals surface area contributed by atoms with Crippen molar-refractivity contribution in [3.05, 3.63) is 0 Å². The first-order valence-electron chi connectivity index (χ1n) is 4.30. The maximum Gasteiger partial charge on any atom is 0.226 e. The molecule has 1 aliphatic heterocycles. The van der Waals surface area contributed by atoms with Gasteiger partial charge in [0.05, 0.1) is 0 Å². The van der Waals surface area contributed by atoms with Gasteiger partial charge in [-0.15, -0.1) is 0 Å². The summed E-state index contributed by atoms with van der Waals surface area (Å²) < 4.78 is 4.85. The molecule has 7 nitrogen and oxygen atoms in total. The van der Waals surface area contributed by atoms with E-state index < -0.39 is 54.8 Å². The molecule has 86 valence electrons. The lowest BCUT2D eigenvalue weighted by Gasteiger charge is -2.23. The minimum absolute atomic E-state index is 0.684. The highest BCUT2D eigenvalue weighted by Crippen LogP contribution is 2.08. The topological polar surface area (TPSA) is 124 Å². The summed E-state index contributed by atoms with van der Waals surface area (Å²) in [4.78, 5) is 22.3. The molecular formula is C6H12O7Si2. The predicted octanol–water partition coefficient (Wildman–Crippen LogP) is -5.32. The largest absolute Gasteiger partial charge is 0.454 e. The number of hydrogen-bond donors (Lipinski definition) is 4. The first kappa shape index (κ1) is 12.6. The molecule has 15 heavy (non-hydrogen) atoms. The molecule has 0 bridgehead atoms. The molecule has 0 aromatic heterocycles. The number of aliphatic hydroxyl groups is 4. The van der Waals surface area contributed by atoms with Crippen LogP contribution >= 0.6 is 0 Å². The van der Waals surface area contributed by atoms with E-state index in [1.807, 2.05) is 0 Å². The maximum absolute atomic E-state index is 11.1. The van der Waals surface area contributed by atoms with Gasteiger partial charge in [-0.2, -0.15) is 0 Å². The summed E-state index contributed by atoms with van der Waals surface area (Å²) in [7, 11) is -3.47. The van der Waals surface area contributed by atoms with E-state index in [1.54, 1.807) is 0 Å². The molecule has 0 aliphatic carbocycles.